The molecule has 0 aliphatic carbocycles. The lowest BCUT2D eigenvalue weighted by Gasteiger charge is -2.31. The van der Waals surface area contributed by atoms with E-state index in [9.17, 15) is 48.3 Å². The van der Waals surface area contributed by atoms with Crippen molar-refractivity contribution in [2.24, 2.45) is 17.6 Å². The van der Waals surface area contributed by atoms with Crippen molar-refractivity contribution in [1.29, 1.82) is 0 Å². The number of hydrogen-bond acceptors (Lipinski definition) is 16. The Morgan fingerprint density at radius 3 is 2.22 bits per heavy atom. The third kappa shape index (κ3) is 15.4. The summed E-state index contributed by atoms with van der Waals surface area (Å²) in [5.74, 6) is -0.988. The number of nitrogens with two attached hydrogens (primary N) is 1. The minimum Gasteiger partial charge on any atom is -0.458 e. The maximum Gasteiger partial charge on any atom is 0.415 e. The van der Waals surface area contributed by atoms with Crippen LogP contribution in [0.25, 0.3) is 22.3 Å². The van der Waals surface area contributed by atoms with Crippen LogP contribution in [0.4, 0.5) is 20.1 Å². The second kappa shape index (κ2) is 27.6. The SMILES string of the molecule is CCc1c2c(nc3ccc(OC(=O)N(C)CCN(C)C(=O)OCc4ccc(NC(=O)[C@H](CCCNC(N)=O)NC(=O)[C@@H](NC(=O)CCSSCCC(=O)C(C)C)C(C)C)cc4)cc13)-c1cc3c(c(=O)n1C2)COC(=O)[C@]3(O)CC. The second-order valence-corrected chi connectivity index (χ2v) is 22.8. The predicted octanol–water partition coefficient (Wildman–Crippen LogP) is 5.74. The van der Waals surface area contributed by atoms with E-state index in [-0.39, 0.29) is 105 Å². The van der Waals surface area contributed by atoms with Crippen LogP contribution in [0.2, 0.25) is 0 Å². The first kappa shape index (κ1) is 61.0. The van der Waals surface area contributed by atoms with Gasteiger partial charge in [-0.3, -0.25) is 24.0 Å². The highest BCUT2D eigenvalue weighted by Crippen LogP contribution is 2.41. The van der Waals surface area contributed by atoms with Crippen LogP contribution < -0.4 is 37.3 Å². The van der Waals surface area contributed by atoms with E-state index in [1.165, 1.54) is 45.5 Å². The number of likely N-dealkylation sites (N-methyl/N-ethyl adjacent to an activating group) is 2. The number of amides is 7. The standard InChI is InChI=1S/C55H71N9O13S2/c1-9-36-37-26-35(17-18-41(37)59-47-38(36)28-64-43(47)27-40-39(50(64)69)30-75-51(70)55(40,74)10-2)77-54(73)63(8)23-22-62(7)53(72)76-29-33-13-15-34(16-14-33)58-48(67)42(12-11-21-57-52(56)71)60-49(68)46(32(5)6)61-45(66)20-25-79-78-24-19-44(65)31(3)4/h13-18,26-27,31-32,42,46,74H,9-12,19-25,28-30H2,1-8H3,(H,58,67)(H,60,68)(H,61,66)(H3,56,57,71)/t42-,46-,55-/m0/s1. The van der Waals surface area contributed by atoms with Crippen molar-refractivity contribution in [2.75, 3.05) is 50.6 Å². The van der Waals surface area contributed by atoms with Gasteiger partial charge in [0.25, 0.3) is 5.56 Å². The summed E-state index contributed by atoms with van der Waals surface area (Å²) in [7, 11) is 6.06. The van der Waals surface area contributed by atoms with E-state index in [4.69, 9.17) is 24.9 Å². The summed E-state index contributed by atoms with van der Waals surface area (Å²) in [5, 5.41) is 22.8. The number of cyclic esters (lactones) is 1. The summed E-state index contributed by atoms with van der Waals surface area (Å²) in [4.78, 5) is 123. The molecule has 22 nitrogen and oxygen atoms in total. The summed E-state index contributed by atoms with van der Waals surface area (Å²) in [6, 6.07) is 10.5. The van der Waals surface area contributed by atoms with E-state index >= 15 is 0 Å². The predicted molar refractivity (Wildman–Crippen MR) is 300 cm³/mol. The molecule has 0 radical (unpaired) electrons. The molecule has 0 spiro atoms. The first-order chi connectivity index (χ1) is 37.6. The molecule has 6 rings (SSSR count). The number of aliphatic hydroxyl groups is 1. The van der Waals surface area contributed by atoms with E-state index in [1.807, 2.05) is 20.8 Å². The molecule has 0 saturated carbocycles. The number of hydrogen-bond donors (Lipinski definition) is 6. The van der Waals surface area contributed by atoms with Crippen LogP contribution in [0, 0.1) is 11.8 Å². The minimum absolute atomic E-state index is 0.0202. The van der Waals surface area contributed by atoms with Gasteiger partial charge in [0.2, 0.25) is 17.7 Å². The average Bonchev–Trinajstić information content (AvgIpc) is 4.03. The van der Waals surface area contributed by atoms with Crippen molar-refractivity contribution >= 4 is 85.9 Å². The minimum atomic E-state index is -1.95. The van der Waals surface area contributed by atoms with Crippen molar-refractivity contribution in [3.8, 4) is 17.1 Å². The number of ether oxygens (including phenoxy) is 3. The van der Waals surface area contributed by atoms with Crippen LogP contribution >= 0.6 is 21.6 Å². The van der Waals surface area contributed by atoms with Gasteiger partial charge in [0.1, 0.15) is 36.8 Å². The molecule has 2 aromatic carbocycles. The normalized spacial score (nSPS) is 15.0. The van der Waals surface area contributed by atoms with E-state index in [0.717, 1.165) is 16.5 Å². The Bertz CT molecular complexity index is 3010. The van der Waals surface area contributed by atoms with Gasteiger partial charge < -0.3 is 60.7 Å². The third-order valence-corrected chi connectivity index (χ3v) is 16.2. The third-order valence-electron chi connectivity index (χ3n) is 13.8. The van der Waals surface area contributed by atoms with Crippen molar-refractivity contribution < 1.29 is 57.7 Å². The topological polar surface area (TPSA) is 300 Å². The van der Waals surface area contributed by atoms with Gasteiger partial charge in [-0.05, 0) is 79.1 Å². The number of Topliss-reactive ketones (excluding diaryl/α,β-unsaturated/α-hetero) is 1. The number of aromatic nitrogens is 2. The lowest BCUT2D eigenvalue weighted by molar-refractivity contribution is -0.172. The van der Waals surface area contributed by atoms with E-state index in [2.05, 4.69) is 21.3 Å². The molecule has 0 fully saturated rings. The van der Waals surface area contributed by atoms with Gasteiger partial charge in [-0.25, -0.2) is 24.2 Å². The first-order valence-electron chi connectivity index (χ1n) is 26.3. The van der Waals surface area contributed by atoms with Gasteiger partial charge in [-0.15, -0.1) is 0 Å². The molecule has 3 atom stereocenters. The quantitative estimate of drug-likeness (QED) is 0.0219. The number of anilines is 1. The monoisotopic (exact) mass is 1130 g/mol. The number of rotatable bonds is 26. The first-order valence-corrected chi connectivity index (χ1v) is 28.8. The van der Waals surface area contributed by atoms with Gasteiger partial charge in [0.05, 0.1) is 29.0 Å². The van der Waals surface area contributed by atoms with Crippen LogP contribution in [0.1, 0.15) is 101 Å². The van der Waals surface area contributed by atoms with E-state index < -0.39 is 53.7 Å². The zero-order chi connectivity index (χ0) is 57.7. The van der Waals surface area contributed by atoms with Crippen molar-refractivity contribution in [3.05, 3.63) is 86.7 Å². The highest BCUT2D eigenvalue weighted by molar-refractivity contribution is 8.76. The van der Waals surface area contributed by atoms with Gasteiger partial charge in [-0.1, -0.05) is 75.3 Å². The van der Waals surface area contributed by atoms with Crippen LogP contribution in [0.3, 0.4) is 0 Å². The van der Waals surface area contributed by atoms with Gasteiger partial charge in [0.15, 0.2) is 5.60 Å². The molecule has 2 aliphatic heterocycles. The van der Waals surface area contributed by atoms with Crippen LogP contribution in [-0.4, -0.2) is 129 Å². The van der Waals surface area contributed by atoms with Crippen molar-refractivity contribution in [3.63, 3.8) is 0 Å². The fraction of sp³-hybridized carbons (Fsp3) is 0.491. The molecule has 426 valence electrons. The number of nitrogens with zero attached hydrogens (tertiary/aromatic N) is 4. The van der Waals surface area contributed by atoms with Crippen molar-refractivity contribution in [1.82, 2.24) is 35.3 Å². The Morgan fingerprint density at radius 1 is 0.886 bits per heavy atom. The molecule has 7 amide bonds. The molecule has 0 saturated heterocycles. The molecule has 0 unspecified atom stereocenters. The average molecular weight is 1130 g/mol. The van der Waals surface area contributed by atoms with Crippen LogP contribution in [-0.2, 0) is 65.2 Å². The Hall–Kier alpha value is -7.18. The Kier molecular flexibility index (Phi) is 21.3. The number of benzene rings is 2. The highest BCUT2D eigenvalue weighted by Gasteiger charge is 2.45. The Labute approximate surface area is 466 Å². The number of ketones is 1. The molecule has 79 heavy (non-hydrogen) atoms. The summed E-state index contributed by atoms with van der Waals surface area (Å²) in [5.41, 5.74) is 7.72. The highest BCUT2D eigenvalue weighted by atomic mass is 33.1. The van der Waals surface area contributed by atoms with Crippen LogP contribution in [0.5, 0.6) is 5.75 Å². The summed E-state index contributed by atoms with van der Waals surface area (Å²) in [6.45, 7) is 11.1. The molecule has 2 aliphatic rings. The summed E-state index contributed by atoms with van der Waals surface area (Å²) in [6.07, 6.45) is 0.304. The molecule has 0 bridgehead atoms. The lowest BCUT2D eigenvalue weighted by atomic mass is 9.86. The zero-order valence-corrected chi connectivity index (χ0v) is 47.5. The number of aryl methyl sites for hydroxylation is 1. The number of esters is 1. The largest absolute Gasteiger partial charge is 0.458 e. The maximum absolute atomic E-state index is 13.7. The number of carbonyl (C=O) groups excluding carboxylic acids is 8. The number of fused-ring (bicyclic) bond motifs is 5. The number of pyridine rings is 2. The Balaban J connectivity index is 0.979. The smallest absolute Gasteiger partial charge is 0.415 e. The maximum atomic E-state index is 13.7. The number of carbonyl (C=O) groups is 8. The molecule has 24 heteroatoms. The Morgan fingerprint density at radius 2 is 1.57 bits per heavy atom. The molecule has 7 N–H and O–H groups in total. The number of nitrogens with one attached hydrogen (secondary N) is 4. The van der Waals surface area contributed by atoms with Crippen molar-refractivity contribution in [2.45, 2.75) is 118 Å². The number of primary amides is 1. The summed E-state index contributed by atoms with van der Waals surface area (Å²) < 4.78 is 18.1. The fourth-order valence-electron chi connectivity index (χ4n) is 8.95. The summed E-state index contributed by atoms with van der Waals surface area (Å²) >= 11 is 0. The molecule has 4 aromatic rings. The zero-order valence-electron chi connectivity index (χ0n) is 45.9. The van der Waals surface area contributed by atoms with E-state index in [0.29, 0.717) is 58.9 Å². The van der Waals surface area contributed by atoms with Gasteiger partial charge in [-0.2, -0.15) is 0 Å². The molecular formula is C55H71N9O13S2. The lowest BCUT2D eigenvalue weighted by Crippen LogP contribution is -2.54. The fourth-order valence-corrected chi connectivity index (χ4v) is 10.9. The van der Waals surface area contributed by atoms with Gasteiger partial charge >= 0.3 is 24.2 Å². The van der Waals surface area contributed by atoms with E-state index in [1.54, 1.807) is 73.9 Å². The molecule has 2 aromatic heterocycles. The molecular weight excluding hydrogens is 1060 g/mol. The van der Waals surface area contributed by atoms with Gasteiger partial charge in [0, 0.05) is 86.2 Å². The molecule has 4 heterocycles. The number of urea groups is 1. The van der Waals surface area contributed by atoms with Crippen LogP contribution in [0.15, 0.2) is 53.3 Å². The second-order valence-electron chi connectivity index (χ2n) is 20.1.